The van der Waals surface area contributed by atoms with Gasteiger partial charge in [0, 0.05) is 19.2 Å². The summed E-state index contributed by atoms with van der Waals surface area (Å²) in [6.07, 6.45) is 1.09. The molecule has 1 heterocycles. The van der Waals surface area contributed by atoms with Crippen LogP contribution in [0.15, 0.2) is 48.8 Å². The van der Waals surface area contributed by atoms with Gasteiger partial charge in [-0.1, -0.05) is 35.3 Å². The van der Waals surface area contributed by atoms with Crippen molar-refractivity contribution in [2.24, 2.45) is 0 Å². The molecule has 0 aliphatic carbocycles. The number of hydrogen-bond donors (Lipinski definition) is 2. The molecule has 154 valence electrons. The summed E-state index contributed by atoms with van der Waals surface area (Å²) in [5, 5.41) is 5.11. The Labute approximate surface area is 180 Å². The summed E-state index contributed by atoms with van der Waals surface area (Å²) in [5.41, 5.74) is 1.15. The molecule has 1 aromatic heterocycles. The Balaban J connectivity index is 1.61. The van der Waals surface area contributed by atoms with Gasteiger partial charge >= 0.3 is 0 Å². The fourth-order valence-corrected chi connectivity index (χ4v) is 2.86. The molecule has 0 saturated carbocycles. The van der Waals surface area contributed by atoms with Crippen molar-refractivity contribution >= 4 is 35.0 Å². The summed E-state index contributed by atoms with van der Waals surface area (Å²) in [5.74, 6) is -2.20. The molecule has 2 N–H and O–H groups in total. The maximum atomic E-state index is 13.2. The molecule has 10 heteroatoms. The third kappa shape index (κ3) is 5.49. The van der Waals surface area contributed by atoms with Gasteiger partial charge in [-0.25, -0.2) is 18.7 Å². The molecule has 2 amide bonds. The lowest BCUT2D eigenvalue weighted by molar-refractivity contribution is 0.0944. The molecular weight excluding hydrogens is 437 g/mol. The Kier molecular flexibility index (Phi) is 6.91. The number of carbonyl (C=O) groups excluding carboxylic acids is 2. The molecule has 0 radical (unpaired) electrons. The van der Waals surface area contributed by atoms with Gasteiger partial charge in [0.05, 0.1) is 10.0 Å². The van der Waals surface area contributed by atoms with E-state index < -0.39 is 23.4 Å². The maximum absolute atomic E-state index is 13.2. The van der Waals surface area contributed by atoms with Gasteiger partial charge in [0.2, 0.25) is 0 Å². The number of halogens is 4. The molecule has 30 heavy (non-hydrogen) atoms. The first-order valence-electron chi connectivity index (χ1n) is 8.60. The standard InChI is InChI=1S/C20H14Cl2F2N4O2/c21-13-5-11(1-3-15(13)23)8-25-19(29)17-7-18(28-10-27-17)20(30)26-9-12-2-4-16(24)14(22)6-12/h1-7,10H,8-9H2,(H,25,29)(H,26,30). The summed E-state index contributed by atoms with van der Waals surface area (Å²) >= 11 is 11.4. The van der Waals surface area contributed by atoms with Gasteiger partial charge in [-0.15, -0.1) is 0 Å². The van der Waals surface area contributed by atoms with Crippen molar-refractivity contribution in [1.82, 2.24) is 20.6 Å². The molecule has 0 aliphatic heterocycles. The highest BCUT2D eigenvalue weighted by Gasteiger charge is 2.14. The SMILES string of the molecule is O=C(NCc1ccc(F)c(Cl)c1)c1cc(C(=O)NCc2ccc(F)c(Cl)c2)ncn1. The van der Waals surface area contributed by atoms with Crippen molar-refractivity contribution in [2.75, 3.05) is 0 Å². The largest absolute Gasteiger partial charge is 0.347 e. The monoisotopic (exact) mass is 450 g/mol. The van der Waals surface area contributed by atoms with E-state index in [2.05, 4.69) is 20.6 Å². The van der Waals surface area contributed by atoms with E-state index in [1.807, 2.05) is 0 Å². The van der Waals surface area contributed by atoms with Gasteiger partial charge < -0.3 is 10.6 Å². The zero-order valence-corrected chi connectivity index (χ0v) is 16.8. The van der Waals surface area contributed by atoms with Gasteiger partial charge in [0.1, 0.15) is 29.3 Å². The van der Waals surface area contributed by atoms with Crippen LogP contribution in [0.5, 0.6) is 0 Å². The Hall–Kier alpha value is -3.10. The van der Waals surface area contributed by atoms with Crippen LogP contribution in [0.2, 0.25) is 10.0 Å². The van der Waals surface area contributed by atoms with Crippen molar-refractivity contribution in [3.05, 3.63) is 93.0 Å². The fraction of sp³-hybridized carbons (Fsp3) is 0.100. The summed E-state index contributed by atoms with van der Waals surface area (Å²) in [4.78, 5) is 32.3. The maximum Gasteiger partial charge on any atom is 0.270 e. The van der Waals surface area contributed by atoms with Crippen LogP contribution >= 0.6 is 23.2 Å². The second kappa shape index (κ2) is 9.60. The first-order chi connectivity index (χ1) is 14.3. The highest BCUT2D eigenvalue weighted by atomic mass is 35.5. The van der Waals surface area contributed by atoms with Crippen LogP contribution in [-0.2, 0) is 13.1 Å². The minimum atomic E-state index is -0.555. The van der Waals surface area contributed by atoms with E-state index in [9.17, 15) is 18.4 Å². The zero-order chi connectivity index (χ0) is 21.7. The lowest BCUT2D eigenvalue weighted by Crippen LogP contribution is -2.27. The van der Waals surface area contributed by atoms with Gasteiger partial charge in [-0.3, -0.25) is 9.59 Å². The molecule has 3 rings (SSSR count). The summed E-state index contributed by atoms with van der Waals surface area (Å²) in [6, 6.07) is 9.41. The molecule has 6 nitrogen and oxygen atoms in total. The number of hydrogen-bond acceptors (Lipinski definition) is 4. The van der Waals surface area contributed by atoms with E-state index >= 15 is 0 Å². The Bertz CT molecular complexity index is 1030. The smallest absolute Gasteiger partial charge is 0.270 e. The van der Waals surface area contributed by atoms with E-state index in [4.69, 9.17) is 23.2 Å². The van der Waals surface area contributed by atoms with Gasteiger partial charge in [-0.05, 0) is 35.4 Å². The predicted octanol–water partition coefficient (Wildman–Crippen LogP) is 3.92. The Morgan fingerprint density at radius 2 is 1.20 bits per heavy atom. The van der Waals surface area contributed by atoms with Crippen LogP contribution in [0.1, 0.15) is 32.1 Å². The quantitative estimate of drug-likeness (QED) is 0.595. The van der Waals surface area contributed by atoms with E-state index in [0.717, 1.165) is 6.33 Å². The van der Waals surface area contributed by atoms with Crippen molar-refractivity contribution in [2.45, 2.75) is 13.1 Å². The van der Waals surface area contributed by atoms with Crippen molar-refractivity contribution in [3.63, 3.8) is 0 Å². The van der Waals surface area contributed by atoms with E-state index in [1.165, 1.54) is 42.5 Å². The summed E-state index contributed by atoms with van der Waals surface area (Å²) in [6.45, 7) is 0.186. The van der Waals surface area contributed by atoms with Crippen LogP contribution in [0.3, 0.4) is 0 Å². The zero-order valence-electron chi connectivity index (χ0n) is 15.3. The molecule has 0 saturated heterocycles. The minimum absolute atomic E-state index is 0.0202. The second-order valence-corrected chi connectivity index (χ2v) is 6.97. The van der Waals surface area contributed by atoms with E-state index in [0.29, 0.717) is 11.1 Å². The molecule has 0 spiro atoms. The van der Waals surface area contributed by atoms with Crippen LogP contribution in [0.4, 0.5) is 8.78 Å². The third-order valence-corrected chi connectivity index (χ3v) is 4.59. The second-order valence-electron chi connectivity index (χ2n) is 6.15. The third-order valence-electron chi connectivity index (χ3n) is 4.01. The Morgan fingerprint density at radius 1 is 0.767 bits per heavy atom. The first-order valence-corrected chi connectivity index (χ1v) is 9.35. The lowest BCUT2D eigenvalue weighted by atomic mass is 10.2. The topological polar surface area (TPSA) is 84.0 Å². The van der Waals surface area contributed by atoms with Crippen LogP contribution in [0, 0.1) is 11.6 Å². The van der Waals surface area contributed by atoms with Crippen molar-refractivity contribution in [1.29, 1.82) is 0 Å². The van der Waals surface area contributed by atoms with Gasteiger partial charge in [-0.2, -0.15) is 0 Å². The van der Waals surface area contributed by atoms with Crippen molar-refractivity contribution < 1.29 is 18.4 Å². The molecular formula is C20H14Cl2F2N4O2. The van der Waals surface area contributed by atoms with E-state index in [1.54, 1.807) is 0 Å². The Morgan fingerprint density at radius 3 is 1.60 bits per heavy atom. The summed E-state index contributed by atoms with van der Waals surface area (Å²) in [7, 11) is 0. The summed E-state index contributed by atoms with van der Waals surface area (Å²) < 4.78 is 26.4. The number of rotatable bonds is 6. The predicted molar refractivity (Wildman–Crippen MR) is 107 cm³/mol. The molecule has 0 bridgehead atoms. The molecule has 3 aromatic rings. The van der Waals surface area contributed by atoms with Crippen molar-refractivity contribution in [3.8, 4) is 0 Å². The average molecular weight is 451 g/mol. The number of nitrogens with zero attached hydrogens (tertiary/aromatic N) is 2. The molecule has 0 aliphatic rings. The molecule has 0 fully saturated rings. The minimum Gasteiger partial charge on any atom is -0.347 e. The van der Waals surface area contributed by atoms with Gasteiger partial charge in [0.25, 0.3) is 11.8 Å². The van der Waals surface area contributed by atoms with E-state index in [-0.39, 0.29) is 34.5 Å². The normalized spacial score (nSPS) is 10.5. The molecule has 0 unspecified atom stereocenters. The fourth-order valence-electron chi connectivity index (χ4n) is 2.45. The number of carbonyl (C=O) groups is 2. The first kappa shape index (κ1) is 21.6. The molecule has 2 aromatic carbocycles. The number of benzene rings is 2. The van der Waals surface area contributed by atoms with Crippen LogP contribution in [0.25, 0.3) is 0 Å². The average Bonchev–Trinajstić information content (AvgIpc) is 2.75. The number of aromatic nitrogens is 2. The van der Waals surface area contributed by atoms with Gasteiger partial charge in [0.15, 0.2) is 0 Å². The number of amides is 2. The molecule has 0 atom stereocenters. The van der Waals surface area contributed by atoms with Crippen LogP contribution in [-0.4, -0.2) is 21.8 Å². The lowest BCUT2D eigenvalue weighted by Gasteiger charge is -2.08. The highest BCUT2D eigenvalue weighted by Crippen LogP contribution is 2.17. The highest BCUT2D eigenvalue weighted by molar-refractivity contribution is 6.31. The van der Waals surface area contributed by atoms with Crippen LogP contribution < -0.4 is 10.6 Å². The number of nitrogens with one attached hydrogen (secondary N) is 2.